The number of rotatable bonds is 3. The van der Waals surface area contributed by atoms with Gasteiger partial charge in [-0.1, -0.05) is 0 Å². The molecule has 1 aromatic rings. The second kappa shape index (κ2) is 7.95. The molecular formula is C19H28N4O3. The summed E-state index contributed by atoms with van der Waals surface area (Å²) in [7, 11) is 2.09. The van der Waals surface area contributed by atoms with Gasteiger partial charge in [-0.05, 0) is 51.1 Å². The molecule has 1 spiro atoms. The number of nitrogens with zero attached hydrogens (tertiary/aromatic N) is 2. The van der Waals surface area contributed by atoms with E-state index in [1.165, 1.54) is 0 Å². The number of hydrogen-bond donors (Lipinski definition) is 2. The summed E-state index contributed by atoms with van der Waals surface area (Å²) >= 11 is 0. The molecule has 7 heteroatoms. The fourth-order valence-corrected chi connectivity index (χ4v) is 3.77. The smallest absolute Gasteiger partial charge is 0.321 e. The lowest BCUT2D eigenvalue weighted by atomic mass is 9.86. The van der Waals surface area contributed by atoms with Gasteiger partial charge in [0.2, 0.25) is 5.91 Å². The summed E-state index contributed by atoms with van der Waals surface area (Å²) in [5.74, 6) is 0.894. The zero-order valence-electron chi connectivity index (χ0n) is 15.6. The third-order valence-corrected chi connectivity index (χ3v) is 5.43. The molecule has 2 saturated heterocycles. The lowest BCUT2D eigenvalue weighted by Crippen LogP contribution is -2.62. The van der Waals surface area contributed by atoms with Gasteiger partial charge in [-0.25, -0.2) is 4.79 Å². The van der Waals surface area contributed by atoms with Crippen molar-refractivity contribution in [3.05, 3.63) is 24.3 Å². The van der Waals surface area contributed by atoms with E-state index in [1.807, 2.05) is 36.1 Å². The van der Waals surface area contributed by atoms with Crippen LogP contribution < -0.4 is 15.4 Å². The quantitative estimate of drug-likeness (QED) is 0.863. The van der Waals surface area contributed by atoms with Crippen molar-refractivity contribution in [1.82, 2.24) is 15.1 Å². The van der Waals surface area contributed by atoms with Crippen LogP contribution in [-0.4, -0.2) is 67.1 Å². The number of anilines is 1. The zero-order valence-corrected chi connectivity index (χ0v) is 15.6. The van der Waals surface area contributed by atoms with Gasteiger partial charge in [-0.15, -0.1) is 0 Å². The number of hydrogen-bond acceptors (Lipinski definition) is 4. The van der Waals surface area contributed by atoms with Gasteiger partial charge in [-0.3, -0.25) is 9.69 Å². The maximum Gasteiger partial charge on any atom is 0.321 e. The van der Waals surface area contributed by atoms with Gasteiger partial charge in [0.05, 0.1) is 6.61 Å². The Morgan fingerprint density at radius 1 is 1.27 bits per heavy atom. The zero-order chi connectivity index (χ0) is 18.6. The van der Waals surface area contributed by atoms with Crippen LogP contribution in [0.3, 0.4) is 0 Å². The third kappa shape index (κ3) is 4.09. The highest BCUT2D eigenvalue weighted by atomic mass is 16.5. The van der Waals surface area contributed by atoms with Gasteiger partial charge >= 0.3 is 6.03 Å². The van der Waals surface area contributed by atoms with Crippen molar-refractivity contribution < 1.29 is 14.3 Å². The third-order valence-electron chi connectivity index (χ3n) is 5.43. The van der Waals surface area contributed by atoms with E-state index in [1.54, 1.807) is 0 Å². The molecule has 3 amide bonds. The van der Waals surface area contributed by atoms with Crippen LogP contribution in [0, 0.1) is 0 Å². The van der Waals surface area contributed by atoms with Crippen LogP contribution >= 0.6 is 0 Å². The summed E-state index contributed by atoms with van der Waals surface area (Å²) < 4.78 is 5.43. The Kier molecular flexibility index (Phi) is 5.66. The number of amides is 3. The Bertz CT molecular complexity index is 649. The summed E-state index contributed by atoms with van der Waals surface area (Å²) in [4.78, 5) is 28.6. The average Bonchev–Trinajstić information content (AvgIpc) is 2.82. The predicted molar refractivity (Wildman–Crippen MR) is 100 cm³/mol. The number of likely N-dealkylation sites (N-methyl/N-ethyl adjacent to an activating group) is 1. The summed E-state index contributed by atoms with van der Waals surface area (Å²) in [6.45, 7) is 5.36. The van der Waals surface area contributed by atoms with Gasteiger partial charge in [0.15, 0.2) is 0 Å². The number of urea groups is 1. The molecule has 0 aliphatic carbocycles. The van der Waals surface area contributed by atoms with Crippen LogP contribution in [0.1, 0.15) is 26.2 Å². The summed E-state index contributed by atoms with van der Waals surface area (Å²) in [5, 5.41) is 5.91. The molecule has 0 radical (unpaired) electrons. The number of piperazine rings is 1. The molecule has 142 valence electrons. The van der Waals surface area contributed by atoms with E-state index < -0.39 is 0 Å². The molecule has 0 aromatic heterocycles. The minimum absolute atomic E-state index is 0.0924. The first-order chi connectivity index (χ1) is 12.5. The first-order valence-electron chi connectivity index (χ1n) is 9.29. The number of carbonyl (C=O) groups excluding carboxylic acids is 2. The van der Waals surface area contributed by atoms with Crippen molar-refractivity contribution >= 4 is 17.6 Å². The minimum atomic E-state index is -0.131. The van der Waals surface area contributed by atoms with Gasteiger partial charge < -0.3 is 20.3 Å². The fraction of sp³-hybridized carbons (Fsp3) is 0.579. The number of benzene rings is 1. The van der Waals surface area contributed by atoms with Gasteiger partial charge in [0, 0.05) is 43.8 Å². The summed E-state index contributed by atoms with van der Waals surface area (Å²) in [6.07, 6.45) is 2.16. The van der Waals surface area contributed by atoms with E-state index in [4.69, 9.17) is 4.74 Å². The molecule has 1 unspecified atom stereocenters. The molecule has 3 rings (SSSR count). The lowest BCUT2D eigenvalue weighted by Gasteiger charge is -2.49. The number of ether oxygens (including phenoxy) is 1. The second-order valence-corrected chi connectivity index (χ2v) is 7.05. The molecular weight excluding hydrogens is 332 g/mol. The summed E-state index contributed by atoms with van der Waals surface area (Å²) in [5.41, 5.74) is 0.622. The Balaban J connectivity index is 1.64. The van der Waals surface area contributed by atoms with E-state index in [0.29, 0.717) is 32.7 Å². The van der Waals surface area contributed by atoms with Gasteiger partial charge in [0.1, 0.15) is 5.75 Å². The fourth-order valence-electron chi connectivity index (χ4n) is 3.77. The van der Waals surface area contributed by atoms with Crippen molar-refractivity contribution in [3.63, 3.8) is 0 Å². The van der Waals surface area contributed by atoms with Crippen molar-refractivity contribution in [3.8, 4) is 5.75 Å². The highest BCUT2D eigenvalue weighted by Gasteiger charge is 2.42. The maximum atomic E-state index is 12.7. The Morgan fingerprint density at radius 2 is 2.04 bits per heavy atom. The Hall–Kier alpha value is -2.28. The minimum Gasteiger partial charge on any atom is -0.494 e. The lowest BCUT2D eigenvalue weighted by molar-refractivity contribution is -0.121. The SMILES string of the molecule is CCOc1ccc(NC(=O)N2CCN(C)C3(CCNC(=O)CC3)C2)cc1. The first kappa shape index (κ1) is 18.5. The number of carbonyl (C=O) groups is 2. The molecule has 1 atom stereocenters. The van der Waals surface area contributed by atoms with Crippen LogP contribution in [0.15, 0.2) is 24.3 Å². The second-order valence-electron chi connectivity index (χ2n) is 7.05. The van der Waals surface area contributed by atoms with Crippen molar-refractivity contribution in [2.24, 2.45) is 0 Å². The van der Waals surface area contributed by atoms with Crippen molar-refractivity contribution in [2.45, 2.75) is 31.7 Å². The van der Waals surface area contributed by atoms with E-state index >= 15 is 0 Å². The molecule has 7 nitrogen and oxygen atoms in total. The first-order valence-corrected chi connectivity index (χ1v) is 9.29. The van der Waals surface area contributed by atoms with Gasteiger partial charge in [0.25, 0.3) is 0 Å². The monoisotopic (exact) mass is 360 g/mol. The van der Waals surface area contributed by atoms with Crippen LogP contribution in [0.25, 0.3) is 0 Å². The van der Waals surface area contributed by atoms with Crippen molar-refractivity contribution in [2.75, 3.05) is 45.2 Å². The maximum absolute atomic E-state index is 12.7. The molecule has 0 saturated carbocycles. The Morgan fingerprint density at radius 3 is 2.77 bits per heavy atom. The average molecular weight is 360 g/mol. The molecule has 1 aromatic carbocycles. The molecule has 2 aliphatic rings. The molecule has 0 bridgehead atoms. The van der Waals surface area contributed by atoms with Crippen LogP contribution in [-0.2, 0) is 4.79 Å². The number of nitrogens with one attached hydrogen (secondary N) is 2. The van der Waals surface area contributed by atoms with E-state index in [-0.39, 0.29) is 17.5 Å². The highest BCUT2D eigenvalue weighted by Crippen LogP contribution is 2.30. The van der Waals surface area contributed by atoms with E-state index in [2.05, 4.69) is 22.6 Å². The highest BCUT2D eigenvalue weighted by molar-refractivity contribution is 5.89. The molecule has 2 aliphatic heterocycles. The van der Waals surface area contributed by atoms with E-state index in [9.17, 15) is 9.59 Å². The molecule has 2 fully saturated rings. The topological polar surface area (TPSA) is 73.9 Å². The predicted octanol–water partition coefficient (Wildman–Crippen LogP) is 1.90. The Labute approximate surface area is 154 Å². The van der Waals surface area contributed by atoms with Gasteiger partial charge in [-0.2, -0.15) is 0 Å². The molecule has 2 heterocycles. The van der Waals surface area contributed by atoms with Crippen LogP contribution in [0.4, 0.5) is 10.5 Å². The standard InChI is InChI=1S/C19H28N4O3/c1-3-26-16-6-4-15(5-7-16)21-18(25)23-13-12-22(2)19(14-23)9-8-17(24)20-11-10-19/h4-7H,3,8-14H2,1-2H3,(H,20,24)(H,21,25). The van der Waals surface area contributed by atoms with Crippen molar-refractivity contribution in [1.29, 1.82) is 0 Å². The summed E-state index contributed by atoms with van der Waals surface area (Å²) in [6, 6.07) is 7.32. The van der Waals surface area contributed by atoms with Crippen LogP contribution in [0.2, 0.25) is 0 Å². The normalized spacial score (nSPS) is 24.1. The largest absolute Gasteiger partial charge is 0.494 e. The molecule has 2 N–H and O–H groups in total. The van der Waals surface area contributed by atoms with Crippen LogP contribution in [0.5, 0.6) is 5.75 Å². The molecule has 26 heavy (non-hydrogen) atoms. The van der Waals surface area contributed by atoms with E-state index in [0.717, 1.165) is 30.8 Å².